The number of benzene rings is 11. The molecule has 2 aliphatic rings. The SMILES string of the molecule is C=Cc1ccc(C2(c3cc(C)ccc3C)Cc3cc(N(c4ccc(N(c5ccc6c(c5)C(c5ccc(C=C)cc5)(c5cc(C)ccc5C)c5ccccc5-6)c5cc(F)ccc5F)cc4)c4cc(F)ccc4F)ccc3-c3ccccc32)cc1. The van der Waals surface area contributed by atoms with Gasteiger partial charge in [-0.2, -0.15) is 0 Å². The summed E-state index contributed by atoms with van der Waals surface area (Å²) in [6, 6.07) is 73.9. The molecular formula is C77H58F4N2. The molecule has 0 bridgehead atoms. The second-order valence-electron chi connectivity index (χ2n) is 22.2. The summed E-state index contributed by atoms with van der Waals surface area (Å²) in [4.78, 5) is 3.47. The number of halogens is 4. The van der Waals surface area contributed by atoms with Gasteiger partial charge >= 0.3 is 0 Å². The fourth-order valence-electron chi connectivity index (χ4n) is 13.4. The average molecular weight is 1090 g/mol. The molecule has 6 heteroatoms. The van der Waals surface area contributed by atoms with Crippen molar-refractivity contribution in [2.75, 3.05) is 9.80 Å². The van der Waals surface area contributed by atoms with Gasteiger partial charge in [0.25, 0.3) is 0 Å². The molecule has 0 spiro atoms. The van der Waals surface area contributed by atoms with Crippen LogP contribution >= 0.6 is 0 Å². The lowest BCUT2D eigenvalue weighted by Crippen LogP contribution is -2.36. The van der Waals surface area contributed by atoms with E-state index in [1.165, 1.54) is 23.3 Å². The summed E-state index contributed by atoms with van der Waals surface area (Å²) in [5, 5.41) is 0. The maximum absolute atomic E-state index is 16.7. The number of anilines is 6. The Labute approximate surface area is 483 Å². The van der Waals surface area contributed by atoms with Crippen molar-refractivity contribution < 1.29 is 17.6 Å². The van der Waals surface area contributed by atoms with Crippen molar-refractivity contribution in [2.45, 2.75) is 44.9 Å². The first kappa shape index (κ1) is 52.6. The van der Waals surface area contributed by atoms with Gasteiger partial charge in [-0.3, -0.25) is 0 Å². The fourth-order valence-corrected chi connectivity index (χ4v) is 13.4. The van der Waals surface area contributed by atoms with Crippen LogP contribution in [0.15, 0.2) is 244 Å². The Hall–Kier alpha value is -9.78. The Morgan fingerprint density at radius 2 is 0.831 bits per heavy atom. The summed E-state index contributed by atoms with van der Waals surface area (Å²) in [7, 11) is 0. The molecule has 0 N–H and O–H groups in total. The van der Waals surface area contributed by atoms with Crippen molar-refractivity contribution in [2.24, 2.45) is 0 Å². The molecule has 11 aromatic rings. The van der Waals surface area contributed by atoms with E-state index in [2.05, 4.69) is 199 Å². The minimum atomic E-state index is -0.825. The summed E-state index contributed by atoms with van der Waals surface area (Å²) < 4.78 is 64.7. The smallest absolute Gasteiger partial charge is 0.147 e. The Balaban J connectivity index is 0.990. The molecule has 0 fully saturated rings. The number of rotatable bonds is 12. The van der Waals surface area contributed by atoms with E-state index in [4.69, 9.17) is 0 Å². The maximum atomic E-state index is 16.7. The van der Waals surface area contributed by atoms with Crippen LogP contribution in [0.3, 0.4) is 0 Å². The number of fused-ring (bicyclic) bond motifs is 6. The third-order valence-electron chi connectivity index (χ3n) is 17.3. The number of hydrogen-bond acceptors (Lipinski definition) is 2. The van der Waals surface area contributed by atoms with Crippen LogP contribution in [0.2, 0.25) is 0 Å². The van der Waals surface area contributed by atoms with Crippen molar-refractivity contribution in [3.63, 3.8) is 0 Å². The van der Waals surface area contributed by atoms with E-state index < -0.39 is 34.1 Å². The lowest BCUT2D eigenvalue weighted by molar-refractivity contribution is 0.600. The second-order valence-corrected chi connectivity index (χ2v) is 22.2. The Kier molecular flexibility index (Phi) is 13.1. The van der Waals surface area contributed by atoms with Gasteiger partial charge in [0.15, 0.2) is 0 Å². The monoisotopic (exact) mass is 1090 g/mol. The van der Waals surface area contributed by atoms with Crippen molar-refractivity contribution >= 4 is 46.3 Å². The summed E-state index contributed by atoms with van der Waals surface area (Å²) in [6.07, 6.45) is 4.25. The van der Waals surface area contributed by atoms with Crippen molar-refractivity contribution in [3.05, 3.63) is 345 Å². The van der Waals surface area contributed by atoms with Gasteiger partial charge in [0.2, 0.25) is 0 Å². The molecule has 0 heterocycles. The lowest BCUT2D eigenvalue weighted by atomic mass is 9.60. The summed E-state index contributed by atoms with van der Waals surface area (Å²) in [6.45, 7) is 16.6. The minimum absolute atomic E-state index is 0.00431. The van der Waals surface area contributed by atoms with Crippen LogP contribution in [0.25, 0.3) is 34.4 Å². The zero-order chi connectivity index (χ0) is 57.3. The maximum Gasteiger partial charge on any atom is 0.147 e. The highest BCUT2D eigenvalue weighted by atomic mass is 19.1. The van der Waals surface area contributed by atoms with Crippen LogP contribution in [-0.4, -0.2) is 0 Å². The zero-order valence-corrected chi connectivity index (χ0v) is 46.6. The van der Waals surface area contributed by atoms with Crippen molar-refractivity contribution in [3.8, 4) is 22.3 Å². The molecule has 2 atom stereocenters. The number of aryl methyl sites for hydroxylation is 4. The van der Waals surface area contributed by atoms with Gasteiger partial charge in [-0.25, -0.2) is 17.6 Å². The standard InChI is InChI=1S/C77H58F4N2/c1-7-52-21-25-55(26-22-52)76(69-41-48(3)17-19-50(69)5)47-54-43-61(35-37-63(54)64-13-9-11-15-67(64)76)82(74-44-57(78)29-39-72(74)80)59-31-33-60(34-32-59)83(75-45-58(79)30-40-73(75)81)62-36-38-66-65-14-10-12-16-68(65)77(71(66)46-62,56-27-23-53(8-2)24-28-56)70-42-49(4)18-20-51(70)6/h7-46H,1-2,47H2,3-6H3. The van der Waals surface area contributed by atoms with Crippen molar-refractivity contribution in [1.82, 2.24) is 0 Å². The fraction of sp³-hybridized carbons (Fsp3) is 0.0909. The Morgan fingerprint density at radius 1 is 0.373 bits per heavy atom. The quantitative estimate of drug-likeness (QED) is 0.113. The first-order chi connectivity index (χ1) is 40.3. The predicted molar refractivity (Wildman–Crippen MR) is 334 cm³/mol. The van der Waals surface area contributed by atoms with Gasteiger partial charge in [0.1, 0.15) is 23.3 Å². The highest BCUT2D eigenvalue weighted by Gasteiger charge is 2.48. The third-order valence-corrected chi connectivity index (χ3v) is 17.3. The van der Waals surface area contributed by atoms with Gasteiger partial charge in [0, 0.05) is 34.9 Å². The van der Waals surface area contributed by atoms with E-state index in [-0.39, 0.29) is 11.4 Å². The first-order valence-electron chi connectivity index (χ1n) is 28.0. The Morgan fingerprint density at radius 3 is 1.40 bits per heavy atom. The molecule has 2 nitrogen and oxygen atoms in total. The molecule has 0 saturated heterocycles. The topological polar surface area (TPSA) is 6.48 Å². The highest BCUT2D eigenvalue weighted by molar-refractivity contribution is 5.91. The largest absolute Gasteiger partial charge is 0.308 e. The third kappa shape index (κ3) is 8.62. The highest BCUT2D eigenvalue weighted by Crippen LogP contribution is 2.59. The van der Waals surface area contributed by atoms with Crippen LogP contribution in [-0.2, 0) is 17.3 Å². The van der Waals surface area contributed by atoms with E-state index in [0.29, 0.717) is 29.2 Å². The van der Waals surface area contributed by atoms with E-state index in [0.717, 1.165) is 113 Å². The van der Waals surface area contributed by atoms with Crippen molar-refractivity contribution in [1.29, 1.82) is 0 Å². The van der Waals surface area contributed by atoms with E-state index >= 15 is 17.6 Å². The molecule has 13 rings (SSSR count). The number of hydrogen-bond donors (Lipinski definition) is 0. The Bertz CT molecular complexity index is 4390. The molecule has 11 aromatic carbocycles. The molecule has 2 aliphatic carbocycles. The zero-order valence-electron chi connectivity index (χ0n) is 46.6. The second kappa shape index (κ2) is 20.6. The van der Waals surface area contributed by atoms with Crippen LogP contribution in [0, 0.1) is 51.0 Å². The van der Waals surface area contributed by atoms with E-state index in [9.17, 15) is 0 Å². The van der Waals surface area contributed by atoms with Gasteiger partial charge in [-0.05, 0) is 196 Å². The molecule has 0 radical (unpaired) electrons. The predicted octanol–water partition coefficient (Wildman–Crippen LogP) is 20.6. The average Bonchev–Trinajstić information content (AvgIpc) is 4.03. The molecule has 404 valence electrons. The van der Waals surface area contributed by atoms with Gasteiger partial charge < -0.3 is 9.80 Å². The minimum Gasteiger partial charge on any atom is -0.308 e. The van der Waals surface area contributed by atoms with Crippen LogP contribution < -0.4 is 9.80 Å². The molecular weight excluding hydrogens is 1030 g/mol. The summed E-state index contributed by atoms with van der Waals surface area (Å²) >= 11 is 0. The molecule has 0 saturated carbocycles. The van der Waals surface area contributed by atoms with Gasteiger partial charge in [-0.15, -0.1) is 0 Å². The summed E-state index contributed by atoms with van der Waals surface area (Å²) in [5.41, 5.74) is 20.2. The molecule has 2 unspecified atom stereocenters. The van der Waals surface area contributed by atoms with Crippen LogP contribution in [0.4, 0.5) is 51.7 Å². The van der Waals surface area contributed by atoms with Gasteiger partial charge in [0.05, 0.1) is 22.2 Å². The number of nitrogens with zero attached hydrogens (tertiary/aromatic N) is 2. The molecule has 0 aliphatic heterocycles. The lowest BCUT2D eigenvalue weighted by Gasteiger charge is -2.43. The molecule has 0 aromatic heterocycles. The van der Waals surface area contributed by atoms with E-state index in [1.54, 1.807) is 9.80 Å². The van der Waals surface area contributed by atoms with Gasteiger partial charge in [-0.1, -0.05) is 182 Å². The first-order valence-corrected chi connectivity index (χ1v) is 28.0. The summed E-state index contributed by atoms with van der Waals surface area (Å²) in [5.74, 6) is -2.47. The molecule has 0 amide bonds. The normalized spacial score (nSPS) is 15.6. The van der Waals surface area contributed by atoms with Crippen LogP contribution in [0.5, 0.6) is 0 Å². The van der Waals surface area contributed by atoms with Crippen LogP contribution in [0.1, 0.15) is 77.9 Å². The molecule has 83 heavy (non-hydrogen) atoms. The van der Waals surface area contributed by atoms with E-state index in [1.807, 2.05) is 48.6 Å².